The van der Waals surface area contributed by atoms with Gasteiger partial charge in [-0.1, -0.05) is 27.7 Å². The van der Waals surface area contributed by atoms with Crippen molar-refractivity contribution in [3.8, 4) is 0 Å². The van der Waals surface area contributed by atoms with Gasteiger partial charge in [0, 0.05) is 25.7 Å². The van der Waals surface area contributed by atoms with Gasteiger partial charge in [0.1, 0.15) is 4.21 Å². The Balaban J connectivity index is 2.84. The third-order valence-electron chi connectivity index (χ3n) is 2.64. The lowest BCUT2D eigenvalue weighted by molar-refractivity contribution is 0.446. The van der Waals surface area contributed by atoms with Crippen molar-refractivity contribution in [2.24, 2.45) is 0 Å². The zero-order chi connectivity index (χ0) is 13.8. The van der Waals surface area contributed by atoms with Crippen LogP contribution in [0.15, 0.2) is 15.7 Å². The van der Waals surface area contributed by atoms with Gasteiger partial charge in [-0.25, -0.2) is 8.42 Å². The van der Waals surface area contributed by atoms with E-state index in [2.05, 4.69) is 19.2 Å². The van der Waals surface area contributed by atoms with Crippen LogP contribution in [0.25, 0.3) is 0 Å². The Labute approximate surface area is 114 Å². The molecule has 0 aliphatic heterocycles. The molecule has 0 atom stereocenters. The van der Waals surface area contributed by atoms with Gasteiger partial charge in [0.15, 0.2) is 0 Å². The number of hydrogen-bond acceptors (Lipinski definition) is 4. The summed E-state index contributed by atoms with van der Waals surface area (Å²) in [5, 5.41) is 5.19. The molecule has 0 aliphatic carbocycles. The second-order valence-corrected chi connectivity index (χ2v) is 7.47. The van der Waals surface area contributed by atoms with Gasteiger partial charge < -0.3 is 5.32 Å². The van der Waals surface area contributed by atoms with Crippen LogP contribution in [-0.4, -0.2) is 31.9 Å². The first-order valence-electron chi connectivity index (χ1n) is 6.22. The number of thiophene rings is 1. The van der Waals surface area contributed by atoms with Crippen molar-refractivity contribution in [1.82, 2.24) is 9.62 Å². The molecule has 0 unspecified atom stereocenters. The van der Waals surface area contributed by atoms with Gasteiger partial charge in [-0.3, -0.25) is 0 Å². The number of rotatable bonds is 7. The Hall–Kier alpha value is -0.430. The molecule has 1 rings (SSSR count). The van der Waals surface area contributed by atoms with Gasteiger partial charge >= 0.3 is 0 Å². The highest BCUT2D eigenvalue weighted by atomic mass is 32.2. The summed E-state index contributed by atoms with van der Waals surface area (Å²) in [6, 6.07) is 2.17. The lowest BCUT2D eigenvalue weighted by Crippen LogP contribution is -2.30. The fraction of sp³-hybridized carbons (Fsp3) is 0.667. The van der Waals surface area contributed by atoms with E-state index in [-0.39, 0.29) is 0 Å². The second kappa shape index (κ2) is 6.65. The molecular weight excluding hydrogens is 268 g/mol. The molecule has 4 nitrogen and oxygen atoms in total. The lowest BCUT2D eigenvalue weighted by Gasteiger charge is -2.16. The van der Waals surface area contributed by atoms with Crippen molar-refractivity contribution in [2.75, 3.05) is 13.1 Å². The van der Waals surface area contributed by atoms with Gasteiger partial charge in [0.25, 0.3) is 10.0 Å². The van der Waals surface area contributed by atoms with Crippen LogP contribution in [0.3, 0.4) is 0 Å². The first-order chi connectivity index (χ1) is 8.41. The van der Waals surface area contributed by atoms with Gasteiger partial charge in [0.2, 0.25) is 0 Å². The van der Waals surface area contributed by atoms with E-state index in [1.165, 1.54) is 15.6 Å². The number of sulfonamides is 1. The largest absolute Gasteiger partial charge is 0.310 e. The number of hydrogen-bond donors (Lipinski definition) is 1. The summed E-state index contributed by atoms with van der Waals surface area (Å²) in [7, 11) is -3.29. The first-order valence-corrected chi connectivity index (χ1v) is 8.54. The molecule has 1 aromatic heterocycles. The fourth-order valence-corrected chi connectivity index (χ4v) is 4.41. The SMILES string of the molecule is CCN(CC)S(=O)(=O)c1cc(CNC(C)C)cs1. The number of nitrogens with one attached hydrogen (secondary N) is 1. The van der Waals surface area contributed by atoms with Crippen molar-refractivity contribution in [3.05, 3.63) is 17.0 Å². The molecule has 0 spiro atoms. The summed E-state index contributed by atoms with van der Waals surface area (Å²) < 4.78 is 26.4. The summed E-state index contributed by atoms with van der Waals surface area (Å²) in [5.74, 6) is 0. The van der Waals surface area contributed by atoms with E-state index in [9.17, 15) is 8.42 Å². The first kappa shape index (κ1) is 15.6. The van der Waals surface area contributed by atoms with E-state index < -0.39 is 10.0 Å². The average Bonchev–Trinajstić information content (AvgIpc) is 2.76. The Bertz CT molecular complexity index is 462. The molecule has 0 bridgehead atoms. The molecule has 6 heteroatoms. The molecular formula is C12H22N2O2S2. The van der Waals surface area contributed by atoms with E-state index in [0.717, 1.165) is 5.56 Å². The molecule has 1 aromatic rings. The molecule has 0 saturated heterocycles. The highest BCUT2D eigenvalue weighted by Crippen LogP contribution is 2.23. The van der Waals surface area contributed by atoms with Gasteiger partial charge in [-0.2, -0.15) is 4.31 Å². The van der Waals surface area contributed by atoms with Crippen LogP contribution in [0.1, 0.15) is 33.3 Å². The molecule has 0 saturated carbocycles. The monoisotopic (exact) mass is 290 g/mol. The highest BCUT2D eigenvalue weighted by molar-refractivity contribution is 7.91. The van der Waals surface area contributed by atoms with E-state index >= 15 is 0 Å². The maximum Gasteiger partial charge on any atom is 0.252 e. The fourth-order valence-electron chi connectivity index (χ4n) is 1.59. The van der Waals surface area contributed by atoms with Crippen LogP contribution in [-0.2, 0) is 16.6 Å². The summed E-state index contributed by atoms with van der Waals surface area (Å²) >= 11 is 1.30. The summed E-state index contributed by atoms with van der Waals surface area (Å²) in [4.78, 5) is 0. The summed E-state index contributed by atoms with van der Waals surface area (Å²) in [6.45, 7) is 9.58. The molecule has 1 N–H and O–H groups in total. The average molecular weight is 290 g/mol. The quantitative estimate of drug-likeness (QED) is 0.838. The molecule has 0 aliphatic rings. The number of nitrogens with zero attached hydrogens (tertiary/aromatic N) is 1. The van der Waals surface area contributed by atoms with Crippen LogP contribution < -0.4 is 5.32 Å². The third-order valence-corrected chi connectivity index (χ3v) is 6.16. The Morgan fingerprint density at radius 1 is 1.33 bits per heavy atom. The topological polar surface area (TPSA) is 49.4 Å². The van der Waals surface area contributed by atoms with E-state index in [1.54, 1.807) is 6.07 Å². The minimum atomic E-state index is -3.29. The predicted octanol–water partition coefficient (Wildman–Crippen LogP) is 2.28. The van der Waals surface area contributed by atoms with Gasteiger partial charge in [0.05, 0.1) is 0 Å². The molecule has 18 heavy (non-hydrogen) atoms. The van der Waals surface area contributed by atoms with Crippen LogP contribution in [0.5, 0.6) is 0 Å². The van der Waals surface area contributed by atoms with Crippen LogP contribution >= 0.6 is 11.3 Å². The summed E-state index contributed by atoms with van der Waals surface area (Å²) in [5.41, 5.74) is 1.03. The van der Waals surface area contributed by atoms with E-state index in [1.807, 2.05) is 19.2 Å². The predicted molar refractivity (Wildman–Crippen MR) is 76.4 cm³/mol. The van der Waals surface area contributed by atoms with E-state index in [0.29, 0.717) is 29.9 Å². The maximum absolute atomic E-state index is 12.3. The standard InChI is InChI=1S/C12H22N2O2S2/c1-5-14(6-2)18(15,16)12-7-11(9-17-12)8-13-10(3)4/h7,9-10,13H,5-6,8H2,1-4H3. The molecule has 0 fully saturated rings. The van der Waals surface area contributed by atoms with Crippen LogP contribution in [0.4, 0.5) is 0 Å². The zero-order valence-corrected chi connectivity index (χ0v) is 13.1. The minimum absolute atomic E-state index is 0.396. The Kier molecular flexibility index (Phi) is 5.78. The molecule has 104 valence electrons. The van der Waals surface area contributed by atoms with Gasteiger partial charge in [-0.05, 0) is 17.0 Å². The molecule has 0 amide bonds. The van der Waals surface area contributed by atoms with Gasteiger partial charge in [-0.15, -0.1) is 11.3 Å². The lowest BCUT2D eigenvalue weighted by atomic mass is 10.3. The Morgan fingerprint density at radius 2 is 1.94 bits per heavy atom. The van der Waals surface area contributed by atoms with Crippen molar-refractivity contribution < 1.29 is 8.42 Å². The van der Waals surface area contributed by atoms with Crippen LogP contribution in [0, 0.1) is 0 Å². The minimum Gasteiger partial charge on any atom is -0.310 e. The van der Waals surface area contributed by atoms with Crippen molar-refractivity contribution in [3.63, 3.8) is 0 Å². The molecule has 0 radical (unpaired) electrons. The van der Waals surface area contributed by atoms with Crippen molar-refractivity contribution in [1.29, 1.82) is 0 Å². The highest BCUT2D eigenvalue weighted by Gasteiger charge is 2.23. The smallest absolute Gasteiger partial charge is 0.252 e. The van der Waals surface area contributed by atoms with Crippen molar-refractivity contribution in [2.45, 2.75) is 44.5 Å². The van der Waals surface area contributed by atoms with Crippen LogP contribution in [0.2, 0.25) is 0 Å². The maximum atomic E-state index is 12.3. The molecule has 0 aromatic carbocycles. The summed E-state index contributed by atoms with van der Waals surface area (Å²) in [6.07, 6.45) is 0. The second-order valence-electron chi connectivity index (χ2n) is 4.40. The zero-order valence-electron chi connectivity index (χ0n) is 11.4. The third kappa shape index (κ3) is 3.78. The van der Waals surface area contributed by atoms with Crippen molar-refractivity contribution >= 4 is 21.4 Å². The van der Waals surface area contributed by atoms with E-state index in [4.69, 9.17) is 0 Å². The normalized spacial score (nSPS) is 12.6. The molecule has 1 heterocycles. The Morgan fingerprint density at radius 3 is 2.44 bits per heavy atom.